The topological polar surface area (TPSA) is 40.6 Å². The van der Waals surface area contributed by atoms with Crippen molar-refractivity contribution in [2.75, 3.05) is 46.2 Å². The van der Waals surface area contributed by atoms with Crippen molar-refractivity contribution in [1.82, 2.24) is 15.2 Å². The van der Waals surface area contributed by atoms with Crippen LogP contribution < -0.4 is 15.0 Å². The monoisotopic (exact) mass is 284 g/mol. The van der Waals surface area contributed by atoms with E-state index in [2.05, 4.69) is 22.2 Å². The van der Waals surface area contributed by atoms with Crippen molar-refractivity contribution in [3.8, 4) is 5.88 Å². The highest BCUT2D eigenvalue weighted by atomic mass is 32.1. The first kappa shape index (κ1) is 14.6. The zero-order valence-corrected chi connectivity index (χ0v) is 13.1. The minimum absolute atomic E-state index is 0.616. The van der Waals surface area contributed by atoms with Crippen molar-refractivity contribution in [3.05, 3.63) is 4.88 Å². The number of anilines is 1. The van der Waals surface area contributed by atoms with Gasteiger partial charge < -0.3 is 19.9 Å². The molecule has 1 aliphatic rings. The highest BCUT2D eigenvalue weighted by Gasteiger charge is 2.18. The second kappa shape index (κ2) is 6.54. The lowest BCUT2D eigenvalue weighted by molar-refractivity contribution is 0.234. The minimum Gasteiger partial charge on any atom is -0.480 e. The molecule has 0 atom stereocenters. The van der Waals surface area contributed by atoms with Gasteiger partial charge in [0, 0.05) is 26.7 Å². The maximum Gasteiger partial charge on any atom is 0.230 e. The summed E-state index contributed by atoms with van der Waals surface area (Å²) in [5, 5.41) is 4.63. The van der Waals surface area contributed by atoms with Crippen LogP contribution in [-0.2, 0) is 6.54 Å². The van der Waals surface area contributed by atoms with Crippen molar-refractivity contribution in [1.29, 1.82) is 0 Å². The molecule has 2 heterocycles. The highest BCUT2D eigenvalue weighted by molar-refractivity contribution is 7.15. The van der Waals surface area contributed by atoms with Gasteiger partial charge in [0.2, 0.25) is 5.88 Å². The fourth-order valence-electron chi connectivity index (χ4n) is 2.24. The largest absolute Gasteiger partial charge is 0.480 e. The average molecular weight is 284 g/mol. The maximum absolute atomic E-state index is 5.36. The molecule has 19 heavy (non-hydrogen) atoms. The molecule has 1 fully saturated rings. The summed E-state index contributed by atoms with van der Waals surface area (Å²) in [6.45, 7) is 3.21. The van der Waals surface area contributed by atoms with Crippen molar-refractivity contribution in [2.45, 2.75) is 25.4 Å². The Morgan fingerprint density at radius 1 is 1.42 bits per heavy atom. The van der Waals surface area contributed by atoms with Gasteiger partial charge in [-0.15, -0.1) is 0 Å². The Morgan fingerprint density at radius 2 is 2.11 bits per heavy atom. The van der Waals surface area contributed by atoms with Crippen LogP contribution in [0.2, 0.25) is 0 Å². The molecule has 1 saturated heterocycles. The van der Waals surface area contributed by atoms with Gasteiger partial charge in [-0.2, -0.15) is 4.98 Å². The molecule has 0 saturated carbocycles. The number of rotatable bonds is 5. The van der Waals surface area contributed by atoms with Gasteiger partial charge in [0.25, 0.3) is 0 Å². The van der Waals surface area contributed by atoms with Crippen molar-refractivity contribution < 1.29 is 4.74 Å². The Kier molecular flexibility index (Phi) is 5.01. The van der Waals surface area contributed by atoms with Crippen molar-refractivity contribution >= 4 is 16.5 Å². The normalized spacial score (nSPS) is 17.7. The zero-order valence-electron chi connectivity index (χ0n) is 12.3. The molecule has 0 aromatic carbocycles. The van der Waals surface area contributed by atoms with Crippen LogP contribution in [0.4, 0.5) is 5.13 Å². The van der Waals surface area contributed by atoms with Gasteiger partial charge in [-0.1, -0.05) is 11.3 Å². The van der Waals surface area contributed by atoms with Crippen LogP contribution in [-0.4, -0.2) is 57.3 Å². The Hall–Kier alpha value is -0.850. The van der Waals surface area contributed by atoms with Crippen LogP contribution in [0.1, 0.15) is 17.7 Å². The lowest BCUT2D eigenvalue weighted by atomic mass is 10.1. The van der Waals surface area contributed by atoms with Crippen LogP contribution in [0.3, 0.4) is 0 Å². The minimum atomic E-state index is 0.616. The SMILES string of the molecule is COc1nc(N(C)C)sc1CNC1CCN(C)CC1. The third-order valence-corrected chi connectivity index (χ3v) is 4.70. The Bertz CT molecular complexity index is 399. The van der Waals surface area contributed by atoms with Gasteiger partial charge in [-0.05, 0) is 33.0 Å². The first-order chi connectivity index (χ1) is 9.10. The molecule has 1 N–H and O–H groups in total. The molecule has 0 aliphatic carbocycles. The van der Waals surface area contributed by atoms with Gasteiger partial charge in [-0.25, -0.2) is 0 Å². The standard InChI is InChI=1S/C13H24N4OS/c1-16(2)13-15-12(18-4)11(19-13)9-14-10-5-7-17(3)8-6-10/h10,14H,5-9H2,1-4H3. The Balaban J connectivity index is 1.91. The van der Waals surface area contributed by atoms with Crippen LogP contribution in [0.25, 0.3) is 0 Å². The fraction of sp³-hybridized carbons (Fsp3) is 0.769. The molecule has 6 heteroatoms. The number of thiazole rings is 1. The quantitative estimate of drug-likeness (QED) is 0.885. The molecule has 1 aliphatic heterocycles. The van der Waals surface area contributed by atoms with Crippen molar-refractivity contribution in [2.24, 2.45) is 0 Å². The summed E-state index contributed by atoms with van der Waals surface area (Å²) in [7, 11) is 7.89. The molecule has 1 aromatic heterocycles. The molecule has 5 nitrogen and oxygen atoms in total. The van der Waals surface area contributed by atoms with E-state index < -0.39 is 0 Å². The number of hydrogen-bond acceptors (Lipinski definition) is 6. The zero-order chi connectivity index (χ0) is 13.8. The molecular weight excluding hydrogens is 260 g/mol. The Labute approximate surface area is 119 Å². The number of likely N-dealkylation sites (tertiary alicyclic amines) is 1. The van der Waals surface area contributed by atoms with Gasteiger partial charge >= 0.3 is 0 Å². The first-order valence-corrected chi connectivity index (χ1v) is 7.54. The van der Waals surface area contributed by atoms with Crippen LogP contribution >= 0.6 is 11.3 Å². The molecule has 0 radical (unpaired) electrons. The van der Waals surface area contributed by atoms with E-state index in [1.54, 1.807) is 18.4 Å². The smallest absolute Gasteiger partial charge is 0.230 e. The molecule has 2 rings (SSSR count). The number of piperidine rings is 1. The third-order valence-electron chi connectivity index (χ3n) is 3.50. The summed E-state index contributed by atoms with van der Waals surface area (Å²) in [4.78, 5) is 10.1. The number of ether oxygens (including phenoxy) is 1. The maximum atomic E-state index is 5.36. The predicted molar refractivity (Wildman–Crippen MR) is 80.4 cm³/mol. The number of nitrogens with zero attached hydrogens (tertiary/aromatic N) is 3. The van der Waals surface area contributed by atoms with E-state index in [1.165, 1.54) is 30.8 Å². The molecule has 108 valence electrons. The summed E-state index contributed by atoms with van der Waals surface area (Å²) in [6.07, 6.45) is 2.44. The Morgan fingerprint density at radius 3 is 2.68 bits per heavy atom. The summed E-state index contributed by atoms with van der Waals surface area (Å²) in [5.74, 6) is 0.758. The molecule has 0 bridgehead atoms. The summed E-state index contributed by atoms with van der Waals surface area (Å²) in [6, 6.07) is 0.616. The van der Waals surface area contributed by atoms with Gasteiger partial charge in [0.1, 0.15) is 0 Å². The highest BCUT2D eigenvalue weighted by Crippen LogP contribution is 2.30. The number of methoxy groups -OCH3 is 1. The lowest BCUT2D eigenvalue weighted by Crippen LogP contribution is -2.40. The van der Waals surface area contributed by atoms with Crippen LogP contribution in [0.5, 0.6) is 5.88 Å². The van der Waals surface area contributed by atoms with E-state index >= 15 is 0 Å². The summed E-state index contributed by atoms with van der Waals surface area (Å²) in [5.41, 5.74) is 0. The lowest BCUT2D eigenvalue weighted by Gasteiger charge is -2.29. The first-order valence-electron chi connectivity index (χ1n) is 6.73. The molecule has 0 unspecified atom stereocenters. The molecule has 0 spiro atoms. The van der Waals surface area contributed by atoms with E-state index in [4.69, 9.17) is 4.74 Å². The van der Waals surface area contributed by atoms with E-state index in [0.717, 1.165) is 17.6 Å². The van der Waals surface area contributed by atoms with E-state index in [-0.39, 0.29) is 0 Å². The fourth-order valence-corrected chi connectivity index (χ4v) is 3.14. The van der Waals surface area contributed by atoms with Gasteiger partial charge in [-0.3, -0.25) is 0 Å². The molecule has 0 amide bonds. The molecular formula is C13H24N4OS. The number of nitrogens with one attached hydrogen (secondary N) is 1. The van der Waals surface area contributed by atoms with E-state index in [1.807, 2.05) is 19.0 Å². The average Bonchev–Trinajstić information content (AvgIpc) is 2.81. The number of hydrogen-bond donors (Lipinski definition) is 1. The van der Waals surface area contributed by atoms with Crippen LogP contribution in [0, 0.1) is 0 Å². The second-order valence-corrected chi connectivity index (χ2v) is 6.34. The second-order valence-electron chi connectivity index (χ2n) is 5.28. The van der Waals surface area contributed by atoms with Crippen molar-refractivity contribution in [3.63, 3.8) is 0 Å². The van der Waals surface area contributed by atoms with Crippen LogP contribution in [0.15, 0.2) is 0 Å². The van der Waals surface area contributed by atoms with E-state index in [0.29, 0.717) is 6.04 Å². The predicted octanol–water partition coefficient (Wildman–Crippen LogP) is 1.40. The molecule has 1 aromatic rings. The summed E-state index contributed by atoms with van der Waals surface area (Å²) < 4.78 is 5.36. The van der Waals surface area contributed by atoms with Gasteiger partial charge in [0.15, 0.2) is 5.13 Å². The third kappa shape index (κ3) is 3.81. The van der Waals surface area contributed by atoms with Gasteiger partial charge in [0.05, 0.1) is 12.0 Å². The summed E-state index contributed by atoms with van der Waals surface area (Å²) >= 11 is 1.70. The van der Waals surface area contributed by atoms with E-state index in [9.17, 15) is 0 Å². The number of aromatic nitrogens is 1.